The van der Waals surface area contributed by atoms with Gasteiger partial charge in [-0.2, -0.15) is 0 Å². The van der Waals surface area contributed by atoms with E-state index in [1.165, 1.54) is 0 Å². The molecule has 2 aliphatic rings. The maximum absolute atomic E-state index is 13.6. The van der Waals surface area contributed by atoms with E-state index in [0.717, 1.165) is 16.3 Å². The Balaban J connectivity index is 1.44. The van der Waals surface area contributed by atoms with Crippen LogP contribution in [0, 0.1) is 0 Å². The van der Waals surface area contributed by atoms with Crippen LogP contribution in [0.3, 0.4) is 0 Å². The van der Waals surface area contributed by atoms with Crippen molar-refractivity contribution in [2.75, 3.05) is 13.2 Å². The van der Waals surface area contributed by atoms with Gasteiger partial charge in [0, 0.05) is 18.5 Å². The van der Waals surface area contributed by atoms with E-state index in [0.29, 0.717) is 24.9 Å². The number of amides is 2. The van der Waals surface area contributed by atoms with Crippen molar-refractivity contribution in [3.63, 3.8) is 0 Å². The molecule has 0 bridgehead atoms. The van der Waals surface area contributed by atoms with E-state index >= 15 is 0 Å². The number of ketones is 1. The van der Waals surface area contributed by atoms with E-state index in [2.05, 4.69) is 5.32 Å². The first kappa shape index (κ1) is 20.4. The molecule has 2 saturated heterocycles. The number of rotatable bonds is 5. The predicted molar refractivity (Wildman–Crippen MR) is 120 cm³/mol. The Morgan fingerprint density at radius 2 is 1.75 bits per heavy atom. The summed E-state index contributed by atoms with van der Waals surface area (Å²) in [5.74, 6) is -0.616. The van der Waals surface area contributed by atoms with Gasteiger partial charge in [0.15, 0.2) is 5.78 Å². The van der Waals surface area contributed by atoms with E-state index in [9.17, 15) is 14.4 Å². The third-order valence-electron chi connectivity index (χ3n) is 6.32. The maximum Gasteiger partial charge on any atom is 0.252 e. The minimum atomic E-state index is -0.781. The molecule has 32 heavy (non-hydrogen) atoms. The molecular weight excluding hydrogens is 404 g/mol. The Morgan fingerprint density at radius 1 is 1.00 bits per heavy atom. The van der Waals surface area contributed by atoms with Crippen molar-refractivity contribution in [2.45, 2.75) is 31.0 Å². The number of Topliss-reactive ketones (excluding diaryl/α,β-unsaturated/α-hetero) is 1. The number of ether oxygens (including phenoxy) is 1. The van der Waals surface area contributed by atoms with Crippen LogP contribution >= 0.6 is 0 Å². The summed E-state index contributed by atoms with van der Waals surface area (Å²) < 4.78 is 5.54. The van der Waals surface area contributed by atoms with Gasteiger partial charge < -0.3 is 15.0 Å². The molecule has 2 heterocycles. The van der Waals surface area contributed by atoms with Gasteiger partial charge in [-0.05, 0) is 28.8 Å². The largest absolute Gasteiger partial charge is 0.368 e. The van der Waals surface area contributed by atoms with Gasteiger partial charge in [0.2, 0.25) is 5.91 Å². The fourth-order valence-corrected chi connectivity index (χ4v) is 4.75. The summed E-state index contributed by atoms with van der Waals surface area (Å²) in [5, 5.41) is 4.76. The number of hydrogen-bond donors (Lipinski definition) is 1. The van der Waals surface area contributed by atoms with Crippen molar-refractivity contribution < 1.29 is 19.1 Å². The highest BCUT2D eigenvalue weighted by molar-refractivity contribution is 6.08. The Labute approximate surface area is 186 Å². The summed E-state index contributed by atoms with van der Waals surface area (Å²) in [6.45, 7) is 0.500. The van der Waals surface area contributed by atoms with Crippen molar-refractivity contribution in [1.29, 1.82) is 0 Å². The maximum atomic E-state index is 13.6. The van der Waals surface area contributed by atoms with Crippen molar-refractivity contribution in [3.8, 4) is 0 Å². The van der Waals surface area contributed by atoms with Crippen LogP contribution in [0.2, 0.25) is 0 Å². The highest BCUT2D eigenvalue weighted by Gasteiger charge is 2.48. The lowest BCUT2D eigenvalue weighted by Gasteiger charge is -2.28. The first-order chi connectivity index (χ1) is 15.6. The fraction of sp³-hybridized carbons (Fsp3) is 0.269. The normalized spacial score (nSPS) is 20.9. The summed E-state index contributed by atoms with van der Waals surface area (Å²) in [6, 6.07) is 21.5. The third-order valence-corrected chi connectivity index (χ3v) is 6.32. The van der Waals surface area contributed by atoms with Gasteiger partial charge in [-0.25, -0.2) is 0 Å². The quantitative estimate of drug-likeness (QED) is 0.678. The molecule has 5 rings (SSSR count). The molecule has 0 spiro atoms. The van der Waals surface area contributed by atoms with Crippen molar-refractivity contribution >= 4 is 28.4 Å². The second-order valence-electron chi connectivity index (χ2n) is 8.32. The van der Waals surface area contributed by atoms with Gasteiger partial charge in [-0.3, -0.25) is 14.4 Å². The number of hydrogen-bond acceptors (Lipinski definition) is 4. The Morgan fingerprint density at radius 3 is 2.59 bits per heavy atom. The number of nitrogens with zero attached hydrogens (tertiary/aromatic N) is 1. The second-order valence-corrected chi connectivity index (χ2v) is 8.32. The Kier molecular flexibility index (Phi) is 5.45. The minimum absolute atomic E-state index is 0.0465. The van der Waals surface area contributed by atoms with Crippen LogP contribution in [0.4, 0.5) is 0 Å². The lowest BCUT2D eigenvalue weighted by Crippen LogP contribution is -2.53. The number of fused-ring (bicyclic) bond motifs is 2. The monoisotopic (exact) mass is 428 g/mol. The van der Waals surface area contributed by atoms with E-state index < -0.39 is 12.1 Å². The molecule has 2 unspecified atom stereocenters. The summed E-state index contributed by atoms with van der Waals surface area (Å²) >= 11 is 0. The van der Waals surface area contributed by atoms with Crippen LogP contribution in [0.15, 0.2) is 72.8 Å². The van der Waals surface area contributed by atoms with Gasteiger partial charge in [0.05, 0.1) is 6.10 Å². The molecule has 0 aromatic heterocycles. The van der Waals surface area contributed by atoms with Crippen LogP contribution in [0.1, 0.15) is 22.3 Å². The average Bonchev–Trinajstić information content (AvgIpc) is 3.41. The summed E-state index contributed by atoms with van der Waals surface area (Å²) in [4.78, 5) is 40.8. The zero-order valence-electron chi connectivity index (χ0n) is 17.6. The highest BCUT2D eigenvalue weighted by Crippen LogP contribution is 2.28. The first-order valence-electron chi connectivity index (χ1n) is 10.9. The number of nitrogens with one attached hydrogen (secondary N) is 1. The lowest BCUT2D eigenvalue weighted by atomic mass is 10.0. The van der Waals surface area contributed by atoms with Gasteiger partial charge in [0.25, 0.3) is 5.91 Å². The average molecular weight is 428 g/mol. The third kappa shape index (κ3) is 3.78. The number of benzene rings is 3. The van der Waals surface area contributed by atoms with Crippen LogP contribution < -0.4 is 5.32 Å². The van der Waals surface area contributed by atoms with Crippen LogP contribution in [0.25, 0.3) is 10.8 Å². The molecule has 1 N–H and O–H groups in total. The molecule has 162 valence electrons. The first-order valence-corrected chi connectivity index (χ1v) is 10.9. The standard InChI is InChI=1S/C26H24N2O4/c29-22-16-32-23-13-14-28(24(22)23)26(31)21(15-17-7-2-1-3-8-17)27-25(30)20-12-6-10-18-9-4-5-11-19(18)20/h1-12,21,23-24H,13-16H2,(H,27,30)/t21-,23?,24?/m0/s1. The molecule has 3 aromatic carbocycles. The number of carbonyl (C=O) groups is 3. The molecule has 3 aromatic rings. The Hall–Kier alpha value is -3.51. The molecule has 2 fully saturated rings. The SMILES string of the molecule is O=C(N[C@@H](Cc1ccccc1)C(=O)N1CCC2OCC(=O)C21)c1cccc2ccccc12. The van der Waals surface area contributed by atoms with Gasteiger partial charge >= 0.3 is 0 Å². The lowest BCUT2D eigenvalue weighted by molar-refractivity contribution is -0.138. The second kappa shape index (κ2) is 8.55. The zero-order valence-corrected chi connectivity index (χ0v) is 17.6. The molecule has 2 amide bonds. The van der Waals surface area contributed by atoms with Gasteiger partial charge in [0.1, 0.15) is 18.7 Å². The summed E-state index contributed by atoms with van der Waals surface area (Å²) in [6.07, 6.45) is 0.744. The van der Waals surface area contributed by atoms with E-state index in [4.69, 9.17) is 4.74 Å². The molecule has 3 atom stereocenters. The number of likely N-dealkylation sites (tertiary alicyclic amines) is 1. The fourth-order valence-electron chi connectivity index (χ4n) is 4.75. The molecule has 0 aliphatic carbocycles. The van der Waals surface area contributed by atoms with E-state index in [1.807, 2.05) is 66.7 Å². The topological polar surface area (TPSA) is 75.7 Å². The van der Waals surface area contributed by atoms with Crippen LogP contribution in [-0.4, -0.2) is 53.8 Å². The highest BCUT2D eigenvalue weighted by atomic mass is 16.5. The van der Waals surface area contributed by atoms with Gasteiger partial charge in [-0.1, -0.05) is 66.7 Å². The Bertz CT molecular complexity index is 1170. The van der Waals surface area contributed by atoms with Crippen LogP contribution in [-0.2, 0) is 20.7 Å². The van der Waals surface area contributed by atoms with Gasteiger partial charge in [-0.15, -0.1) is 0 Å². The van der Waals surface area contributed by atoms with E-state index in [1.54, 1.807) is 11.0 Å². The van der Waals surface area contributed by atoms with Crippen molar-refractivity contribution in [1.82, 2.24) is 10.2 Å². The smallest absolute Gasteiger partial charge is 0.252 e. The summed E-state index contributed by atoms with van der Waals surface area (Å²) in [7, 11) is 0. The van der Waals surface area contributed by atoms with Crippen LogP contribution in [0.5, 0.6) is 0 Å². The molecule has 2 aliphatic heterocycles. The molecular formula is C26H24N2O4. The molecule has 0 saturated carbocycles. The predicted octanol–water partition coefficient (Wildman–Crippen LogP) is 2.75. The van der Waals surface area contributed by atoms with E-state index in [-0.39, 0.29) is 30.3 Å². The minimum Gasteiger partial charge on any atom is -0.368 e. The molecule has 6 heteroatoms. The van der Waals surface area contributed by atoms with Crippen molar-refractivity contribution in [3.05, 3.63) is 83.9 Å². The number of carbonyl (C=O) groups excluding carboxylic acids is 3. The summed E-state index contributed by atoms with van der Waals surface area (Å²) in [5.41, 5.74) is 1.46. The molecule has 0 radical (unpaired) electrons. The molecule has 6 nitrogen and oxygen atoms in total. The van der Waals surface area contributed by atoms with Crippen molar-refractivity contribution in [2.24, 2.45) is 0 Å². The zero-order chi connectivity index (χ0) is 22.1.